The lowest BCUT2D eigenvalue weighted by Crippen LogP contribution is -2.25. The topological polar surface area (TPSA) is 121 Å². The Morgan fingerprint density at radius 2 is 1.92 bits per heavy atom. The fraction of sp³-hybridized carbons (Fsp3) is 0.312. The van der Waals surface area contributed by atoms with Crippen LogP contribution in [0, 0.1) is 0 Å². The van der Waals surface area contributed by atoms with E-state index < -0.39 is 41.1 Å². The van der Waals surface area contributed by atoms with Crippen molar-refractivity contribution in [1.82, 2.24) is 0 Å². The van der Waals surface area contributed by atoms with Crippen LogP contribution in [-0.4, -0.2) is 51.8 Å². The summed E-state index contributed by atoms with van der Waals surface area (Å²) >= 11 is 5.66. The second-order valence-electron chi connectivity index (χ2n) is 4.87. The summed E-state index contributed by atoms with van der Waals surface area (Å²) in [7, 11) is 0. The van der Waals surface area contributed by atoms with Gasteiger partial charge in [-0.2, -0.15) is 0 Å². The number of halogens is 1. The third-order valence-corrected chi connectivity index (χ3v) is 3.72. The van der Waals surface area contributed by atoms with Crippen molar-refractivity contribution in [3.8, 4) is 0 Å². The first-order valence-electron chi connectivity index (χ1n) is 6.96. The number of rotatable bonds is 9. The number of carboxylic acids is 2. The van der Waals surface area contributed by atoms with Gasteiger partial charge in [-0.05, 0) is 18.1 Å². The van der Waals surface area contributed by atoms with Gasteiger partial charge in [-0.15, -0.1) is 11.6 Å². The largest absolute Gasteiger partial charge is 0.478 e. The van der Waals surface area contributed by atoms with E-state index in [0.29, 0.717) is 0 Å². The van der Waals surface area contributed by atoms with Gasteiger partial charge in [-0.3, -0.25) is 0 Å². The van der Waals surface area contributed by atoms with Crippen LogP contribution in [0.1, 0.15) is 38.6 Å². The maximum Gasteiger partial charge on any atom is 0.336 e. The molecular formula is C16H17ClO7. The van der Waals surface area contributed by atoms with E-state index in [2.05, 4.69) is 6.58 Å². The monoisotopic (exact) mass is 356 g/mol. The lowest BCUT2D eigenvalue weighted by atomic mass is 9.86. The molecule has 8 heteroatoms. The number of carbonyl (C=O) groups excluding carboxylic acids is 1. The van der Waals surface area contributed by atoms with Crippen LogP contribution in [0.5, 0.6) is 0 Å². The number of aliphatic hydroxyl groups excluding tert-OH is 1. The van der Waals surface area contributed by atoms with E-state index in [4.69, 9.17) is 21.4 Å². The zero-order valence-electron chi connectivity index (χ0n) is 12.6. The van der Waals surface area contributed by atoms with E-state index in [1.165, 1.54) is 12.1 Å². The molecule has 2 atom stereocenters. The molecule has 0 bridgehead atoms. The summed E-state index contributed by atoms with van der Waals surface area (Å²) in [6.45, 7) is 3.14. The van der Waals surface area contributed by atoms with Gasteiger partial charge in [0.15, 0.2) is 0 Å². The van der Waals surface area contributed by atoms with E-state index in [0.717, 1.165) is 12.1 Å². The highest BCUT2D eigenvalue weighted by molar-refractivity contribution is 6.18. The zero-order valence-corrected chi connectivity index (χ0v) is 13.4. The molecule has 1 rings (SSSR count). The molecule has 1 aromatic rings. The summed E-state index contributed by atoms with van der Waals surface area (Å²) < 4.78 is 4.84. The molecule has 0 spiro atoms. The Morgan fingerprint density at radius 3 is 2.42 bits per heavy atom. The summed E-state index contributed by atoms with van der Waals surface area (Å²) in [5.74, 6) is -4.50. The number of hydrogen-bond donors (Lipinski definition) is 3. The van der Waals surface area contributed by atoms with E-state index in [-0.39, 0.29) is 24.5 Å². The standard InChI is InChI=1S/C16H17ClO7/c1-2-13(19)24-7-6-9(12(18)8-17)10-4-3-5-11(15(20)21)14(10)16(22)23/h2-5,9,12,18H,1,6-8H2,(H,20,21)(H,22,23). The average molecular weight is 357 g/mol. The lowest BCUT2D eigenvalue weighted by molar-refractivity contribution is -0.138. The minimum atomic E-state index is -1.43. The lowest BCUT2D eigenvalue weighted by Gasteiger charge is -2.23. The molecule has 0 aliphatic carbocycles. The minimum absolute atomic E-state index is 0.0663. The van der Waals surface area contributed by atoms with Gasteiger partial charge < -0.3 is 20.1 Å². The van der Waals surface area contributed by atoms with E-state index in [1.54, 1.807) is 0 Å². The maximum atomic E-state index is 11.5. The van der Waals surface area contributed by atoms with Gasteiger partial charge in [0, 0.05) is 17.9 Å². The number of carboxylic acid groups (broad SMARTS) is 2. The normalized spacial score (nSPS) is 12.9. The number of aromatic carboxylic acids is 2. The quantitative estimate of drug-likeness (QED) is 0.351. The molecule has 0 saturated carbocycles. The fourth-order valence-corrected chi connectivity index (χ4v) is 2.52. The molecule has 1 aromatic carbocycles. The Balaban J connectivity index is 3.25. The first-order chi connectivity index (χ1) is 11.3. The van der Waals surface area contributed by atoms with Crippen molar-refractivity contribution in [2.24, 2.45) is 0 Å². The average Bonchev–Trinajstić information content (AvgIpc) is 2.56. The first kappa shape index (κ1) is 19.7. The van der Waals surface area contributed by atoms with Gasteiger partial charge in [-0.25, -0.2) is 14.4 Å². The Labute approximate surface area is 143 Å². The van der Waals surface area contributed by atoms with Gasteiger partial charge in [0.05, 0.1) is 23.8 Å². The number of alkyl halides is 1. The molecule has 130 valence electrons. The van der Waals surface area contributed by atoms with Crippen molar-refractivity contribution in [3.05, 3.63) is 47.5 Å². The Morgan fingerprint density at radius 1 is 1.25 bits per heavy atom. The van der Waals surface area contributed by atoms with Crippen molar-refractivity contribution < 1.29 is 34.4 Å². The molecule has 0 heterocycles. The third-order valence-electron chi connectivity index (χ3n) is 3.40. The van der Waals surface area contributed by atoms with Crippen molar-refractivity contribution in [3.63, 3.8) is 0 Å². The molecule has 7 nitrogen and oxygen atoms in total. The number of benzene rings is 1. The van der Waals surface area contributed by atoms with Crippen LogP contribution in [0.2, 0.25) is 0 Å². The smallest absolute Gasteiger partial charge is 0.336 e. The van der Waals surface area contributed by atoms with Gasteiger partial charge in [0.2, 0.25) is 0 Å². The van der Waals surface area contributed by atoms with E-state index in [1.807, 2.05) is 0 Å². The molecule has 24 heavy (non-hydrogen) atoms. The summed E-state index contributed by atoms with van der Waals surface area (Å²) in [5, 5.41) is 28.6. The molecule has 2 unspecified atom stereocenters. The minimum Gasteiger partial charge on any atom is -0.478 e. The first-order valence-corrected chi connectivity index (χ1v) is 7.49. The second-order valence-corrected chi connectivity index (χ2v) is 5.18. The molecular weight excluding hydrogens is 340 g/mol. The predicted molar refractivity (Wildman–Crippen MR) is 85.6 cm³/mol. The molecule has 3 N–H and O–H groups in total. The maximum absolute atomic E-state index is 11.5. The van der Waals surface area contributed by atoms with Crippen molar-refractivity contribution >= 4 is 29.5 Å². The summed E-state index contributed by atoms with van der Waals surface area (Å²) in [6, 6.07) is 3.96. The predicted octanol–water partition coefficient (Wildman–Crippen LogP) is 1.89. The van der Waals surface area contributed by atoms with Gasteiger partial charge in [-0.1, -0.05) is 18.7 Å². The summed E-state index contributed by atoms with van der Waals surface area (Å²) in [6.07, 6.45) is -0.103. The Hall–Kier alpha value is -2.38. The highest BCUT2D eigenvalue weighted by atomic mass is 35.5. The molecule has 0 amide bonds. The number of carbonyl (C=O) groups is 3. The van der Waals surface area contributed by atoms with E-state index in [9.17, 15) is 24.6 Å². The summed E-state index contributed by atoms with van der Waals surface area (Å²) in [5.41, 5.74) is -0.700. The molecule has 0 radical (unpaired) electrons. The third kappa shape index (κ3) is 4.81. The molecule has 0 saturated heterocycles. The fourth-order valence-electron chi connectivity index (χ4n) is 2.30. The van der Waals surface area contributed by atoms with Crippen molar-refractivity contribution in [2.45, 2.75) is 18.4 Å². The molecule has 0 aliphatic heterocycles. The molecule has 0 aromatic heterocycles. The van der Waals surface area contributed by atoms with Crippen LogP contribution in [0.25, 0.3) is 0 Å². The van der Waals surface area contributed by atoms with Gasteiger partial charge in [0.1, 0.15) is 0 Å². The van der Waals surface area contributed by atoms with Crippen LogP contribution >= 0.6 is 11.6 Å². The SMILES string of the molecule is C=CC(=O)OCCC(c1cccc(C(=O)O)c1C(=O)O)C(O)CCl. The van der Waals surface area contributed by atoms with Crippen LogP contribution < -0.4 is 0 Å². The Kier molecular flexibility index (Phi) is 7.41. The number of esters is 1. The number of aliphatic hydroxyl groups is 1. The van der Waals surface area contributed by atoms with E-state index >= 15 is 0 Å². The van der Waals surface area contributed by atoms with Crippen molar-refractivity contribution in [2.75, 3.05) is 12.5 Å². The van der Waals surface area contributed by atoms with Gasteiger partial charge in [0.25, 0.3) is 0 Å². The zero-order chi connectivity index (χ0) is 18.3. The van der Waals surface area contributed by atoms with Crippen molar-refractivity contribution in [1.29, 1.82) is 0 Å². The van der Waals surface area contributed by atoms with Gasteiger partial charge >= 0.3 is 17.9 Å². The second kappa shape index (κ2) is 9.05. The highest BCUT2D eigenvalue weighted by Gasteiger charge is 2.28. The highest BCUT2D eigenvalue weighted by Crippen LogP contribution is 2.30. The summed E-state index contributed by atoms with van der Waals surface area (Å²) in [4.78, 5) is 33.9. The molecule has 0 aliphatic rings. The van der Waals surface area contributed by atoms with Crippen LogP contribution in [0.15, 0.2) is 30.9 Å². The molecule has 0 fully saturated rings. The number of hydrogen-bond acceptors (Lipinski definition) is 5. The number of ether oxygens (including phenoxy) is 1. The Bertz CT molecular complexity index is 641. The van der Waals surface area contributed by atoms with Crippen LogP contribution in [0.3, 0.4) is 0 Å². The van der Waals surface area contributed by atoms with Crippen LogP contribution in [0.4, 0.5) is 0 Å². The van der Waals surface area contributed by atoms with Crippen LogP contribution in [-0.2, 0) is 9.53 Å².